The van der Waals surface area contributed by atoms with Gasteiger partial charge in [0.15, 0.2) is 0 Å². The number of aromatic nitrogens is 1. The first-order chi connectivity index (χ1) is 15.0. The molecule has 0 radical (unpaired) electrons. The van der Waals surface area contributed by atoms with Crippen molar-refractivity contribution in [2.24, 2.45) is 0 Å². The molecular weight excluding hydrogens is 401 g/mol. The molecule has 7 nitrogen and oxygen atoms in total. The number of nitrogens with zero attached hydrogens (tertiary/aromatic N) is 1. The van der Waals surface area contributed by atoms with Gasteiger partial charge in [0, 0.05) is 36.6 Å². The zero-order valence-electron chi connectivity index (χ0n) is 16.9. The number of benzene rings is 2. The van der Waals surface area contributed by atoms with Crippen LogP contribution in [-0.2, 0) is 11.3 Å². The van der Waals surface area contributed by atoms with E-state index in [-0.39, 0.29) is 29.8 Å². The molecule has 0 saturated heterocycles. The Bertz CT molecular complexity index is 1110. The molecule has 2 amide bonds. The molecule has 2 aromatic carbocycles. The van der Waals surface area contributed by atoms with Crippen molar-refractivity contribution in [3.8, 4) is 0 Å². The molecule has 0 aliphatic heterocycles. The van der Waals surface area contributed by atoms with Crippen LogP contribution in [0.25, 0.3) is 10.9 Å². The van der Waals surface area contributed by atoms with Gasteiger partial charge in [-0.1, -0.05) is 30.7 Å². The lowest BCUT2D eigenvalue weighted by Gasteiger charge is -2.23. The first kappa shape index (κ1) is 22.2. The highest BCUT2D eigenvalue weighted by molar-refractivity contribution is 5.97. The molecule has 3 aromatic rings. The number of halogens is 1. The monoisotopic (exact) mass is 425 g/mol. The first-order valence-electron chi connectivity index (χ1n) is 10.1. The number of nitrogens with one attached hydrogen (secondary N) is 2. The summed E-state index contributed by atoms with van der Waals surface area (Å²) < 4.78 is 13.3. The van der Waals surface area contributed by atoms with Gasteiger partial charge in [-0.25, -0.2) is 9.87 Å². The van der Waals surface area contributed by atoms with Crippen LogP contribution in [-0.4, -0.2) is 33.5 Å². The van der Waals surface area contributed by atoms with Gasteiger partial charge in [0.1, 0.15) is 11.4 Å². The summed E-state index contributed by atoms with van der Waals surface area (Å²) in [4.78, 5) is 41.8. The van der Waals surface area contributed by atoms with Gasteiger partial charge in [0.25, 0.3) is 5.91 Å². The van der Waals surface area contributed by atoms with E-state index in [1.54, 1.807) is 46.8 Å². The average Bonchev–Trinajstić information content (AvgIpc) is 2.79. The summed E-state index contributed by atoms with van der Waals surface area (Å²) in [6.07, 6.45) is 3.44. The van der Waals surface area contributed by atoms with Crippen molar-refractivity contribution in [3.05, 3.63) is 81.9 Å². The molecule has 0 fully saturated rings. The van der Waals surface area contributed by atoms with Gasteiger partial charge in [-0.05, 0) is 42.7 Å². The number of rotatable bonds is 9. The molecule has 0 spiro atoms. The van der Waals surface area contributed by atoms with E-state index in [0.717, 1.165) is 5.56 Å². The molecule has 1 heterocycles. The van der Waals surface area contributed by atoms with Gasteiger partial charge in [-0.3, -0.25) is 19.6 Å². The molecule has 162 valence electrons. The van der Waals surface area contributed by atoms with Gasteiger partial charge < -0.3 is 9.88 Å². The Labute approximate surface area is 178 Å². The number of carbonyl (C=O) groups is 2. The summed E-state index contributed by atoms with van der Waals surface area (Å²) in [5.41, 5.74) is 2.68. The van der Waals surface area contributed by atoms with Gasteiger partial charge >= 0.3 is 0 Å². The lowest BCUT2D eigenvalue weighted by atomic mass is 10.1. The number of hydroxylamine groups is 1. The summed E-state index contributed by atoms with van der Waals surface area (Å²) in [6, 6.07) is 12.8. The highest BCUT2D eigenvalue weighted by Gasteiger charge is 2.20. The van der Waals surface area contributed by atoms with Gasteiger partial charge in [-0.15, -0.1) is 0 Å². The predicted octanol–water partition coefficient (Wildman–Crippen LogP) is 3.38. The largest absolute Gasteiger partial charge is 0.360 e. The third-order valence-corrected chi connectivity index (χ3v) is 5.05. The Morgan fingerprint density at radius 3 is 2.52 bits per heavy atom. The van der Waals surface area contributed by atoms with Crippen LogP contribution in [0.15, 0.2) is 59.5 Å². The number of H-pyrrole nitrogens is 1. The number of fused-ring (bicyclic) bond motifs is 1. The third kappa shape index (κ3) is 5.76. The maximum Gasteiger partial charge on any atom is 0.259 e. The highest BCUT2D eigenvalue weighted by atomic mass is 19.1. The van der Waals surface area contributed by atoms with Crippen LogP contribution in [0.5, 0.6) is 0 Å². The molecular formula is C23H24FN3O4. The molecule has 3 rings (SSSR count). The minimum absolute atomic E-state index is 0.0421. The lowest BCUT2D eigenvalue weighted by Crippen LogP contribution is -2.35. The number of hydrogen-bond donors (Lipinski definition) is 3. The summed E-state index contributed by atoms with van der Waals surface area (Å²) in [5.74, 6) is -1.24. The first-order valence-corrected chi connectivity index (χ1v) is 10.1. The van der Waals surface area contributed by atoms with Crippen molar-refractivity contribution in [2.45, 2.75) is 32.2 Å². The zero-order valence-corrected chi connectivity index (χ0v) is 16.9. The Kier molecular flexibility index (Phi) is 7.50. The smallest absolute Gasteiger partial charge is 0.259 e. The van der Waals surface area contributed by atoms with Crippen LogP contribution in [0.2, 0.25) is 0 Å². The maximum absolute atomic E-state index is 13.3. The fraction of sp³-hybridized carbons (Fsp3) is 0.261. The second-order valence-corrected chi connectivity index (χ2v) is 7.28. The van der Waals surface area contributed by atoms with E-state index in [1.807, 2.05) is 0 Å². The fourth-order valence-electron chi connectivity index (χ4n) is 3.38. The van der Waals surface area contributed by atoms with Crippen LogP contribution in [0, 0.1) is 5.82 Å². The molecule has 0 saturated carbocycles. The number of amides is 2. The maximum atomic E-state index is 13.3. The van der Waals surface area contributed by atoms with Crippen molar-refractivity contribution in [3.63, 3.8) is 0 Å². The zero-order chi connectivity index (χ0) is 22.2. The Hall–Kier alpha value is -3.52. The Morgan fingerprint density at radius 1 is 1.03 bits per heavy atom. The van der Waals surface area contributed by atoms with E-state index in [0.29, 0.717) is 36.7 Å². The molecule has 0 unspecified atom stereocenters. The van der Waals surface area contributed by atoms with E-state index >= 15 is 0 Å². The molecule has 0 bridgehead atoms. The third-order valence-electron chi connectivity index (χ3n) is 5.05. The number of carbonyl (C=O) groups excluding carboxylic acids is 2. The van der Waals surface area contributed by atoms with Gasteiger partial charge in [-0.2, -0.15) is 0 Å². The van der Waals surface area contributed by atoms with E-state index in [2.05, 4.69) is 4.98 Å². The van der Waals surface area contributed by atoms with Crippen LogP contribution < -0.4 is 10.9 Å². The molecule has 3 N–H and O–H groups in total. The summed E-state index contributed by atoms with van der Waals surface area (Å²) >= 11 is 0. The van der Waals surface area contributed by atoms with Crippen molar-refractivity contribution in [1.82, 2.24) is 15.4 Å². The van der Waals surface area contributed by atoms with Crippen molar-refractivity contribution >= 4 is 22.7 Å². The topological polar surface area (TPSA) is 103 Å². The molecule has 1 aromatic heterocycles. The average molecular weight is 425 g/mol. The standard InChI is InChI=1S/C23H24FN3O4/c24-17-11-9-16(10-12-17)15-27(13-5-1-2-8-21(28)26-31)23(30)19-14-25-20-7-4-3-6-18(20)22(19)29/h3-4,6-7,9-12,14,31H,1-2,5,8,13,15H2,(H,25,29)(H,26,28). The Morgan fingerprint density at radius 2 is 1.77 bits per heavy atom. The summed E-state index contributed by atoms with van der Waals surface area (Å²) in [7, 11) is 0. The van der Waals surface area contributed by atoms with Crippen LogP contribution >= 0.6 is 0 Å². The van der Waals surface area contributed by atoms with E-state index in [1.165, 1.54) is 18.3 Å². The van der Waals surface area contributed by atoms with E-state index < -0.39 is 11.8 Å². The Balaban J connectivity index is 1.78. The molecule has 0 aliphatic rings. The number of aromatic amines is 1. The second-order valence-electron chi connectivity index (χ2n) is 7.28. The number of unbranched alkanes of at least 4 members (excludes halogenated alkanes) is 2. The van der Waals surface area contributed by atoms with Crippen molar-refractivity contribution in [2.75, 3.05) is 6.54 Å². The van der Waals surface area contributed by atoms with Gasteiger partial charge in [0.05, 0.1) is 0 Å². The van der Waals surface area contributed by atoms with E-state index in [4.69, 9.17) is 5.21 Å². The molecule has 0 aliphatic carbocycles. The second kappa shape index (κ2) is 10.5. The number of para-hydroxylation sites is 1. The van der Waals surface area contributed by atoms with Crippen LogP contribution in [0.1, 0.15) is 41.6 Å². The van der Waals surface area contributed by atoms with Gasteiger partial charge in [0.2, 0.25) is 11.3 Å². The van der Waals surface area contributed by atoms with Crippen LogP contribution in [0.3, 0.4) is 0 Å². The predicted molar refractivity (Wildman–Crippen MR) is 114 cm³/mol. The van der Waals surface area contributed by atoms with E-state index in [9.17, 15) is 18.8 Å². The summed E-state index contributed by atoms with van der Waals surface area (Å²) in [5, 5.41) is 8.99. The SMILES string of the molecule is O=C(CCCCCN(Cc1ccc(F)cc1)C(=O)c1c[nH]c2ccccc2c1=O)NO. The summed E-state index contributed by atoms with van der Waals surface area (Å²) in [6.45, 7) is 0.589. The highest BCUT2D eigenvalue weighted by Crippen LogP contribution is 2.14. The van der Waals surface area contributed by atoms with Crippen molar-refractivity contribution < 1.29 is 19.2 Å². The normalized spacial score (nSPS) is 10.8. The quantitative estimate of drug-likeness (QED) is 0.278. The minimum Gasteiger partial charge on any atom is -0.360 e. The molecule has 8 heteroatoms. The fourth-order valence-corrected chi connectivity index (χ4v) is 3.38. The minimum atomic E-state index is -0.457. The molecule has 31 heavy (non-hydrogen) atoms. The molecule has 0 atom stereocenters. The van der Waals surface area contributed by atoms with Crippen LogP contribution in [0.4, 0.5) is 4.39 Å². The number of hydrogen-bond acceptors (Lipinski definition) is 4. The number of pyridine rings is 1. The lowest BCUT2D eigenvalue weighted by molar-refractivity contribution is -0.129. The van der Waals surface area contributed by atoms with Crippen molar-refractivity contribution in [1.29, 1.82) is 0 Å².